The predicted molar refractivity (Wildman–Crippen MR) is 77.9 cm³/mol. The van der Waals surface area contributed by atoms with Crippen molar-refractivity contribution in [2.75, 3.05) is 26.0 Å². The maximum absolute atomic E-state index is 12.4. The molecule has 0 radical (unpaired) electrons. The van der Waals surface area contributed by atoms with E-state index in [1.807, 2.05) is 7.05 Å². The Kier molecular flexibility index (Phi) is 5.59. The van der Waals surface area contributed by atoms with Crippen LogP contribution in [0.2, 0.25) is 0 Å². The summed E-state index contributed by atoms with van der Waals surface area (Å²) < 4.78 is 0.807. The van der Waals surface area contributed by atoms with Gasteiger partial charge in [0.25, 0.3) is 5.91 Å². The van der Waals surface area contributed by atoms with Gasteiger partial charge in [-0.2, -0.15) is 0 Å². The number of carbonyl (C=O) groups is 1. The fourth-order valence-corrected chi connectivity index (χ4v) is 2.02. The lowest BCUT2D eigenvalue weighted by atomic mass is 10.1. The second kappa shape index (κ2) is 6.73. The Morgan fingerprint density at radius 2 is 2.28 bits per heavy atom. The highest BCUT2D eigenvalue weighted by atomic mass is 79.9. The molecular formula is C13H20BrN3O. The molecule has 1 aromatic heterocycles. The zero-order chi connectivity index (χ0) is 13.7. The molecule has 1 amide bonds. The van der Waals surface area contributed by atoms with E-state index in [1.54, 1.807) is 24.2 Å². The lowest BCUT2D eigenvalue weighted by molar-refractivity contribution is 0.0775. The standard InChI is InChI=1S/C13H20BrN3O/c1-5-9(2)8-17(4)13(18)11-6-10(14)7-16-12(11)15-3/h6-7,9H,5,8H2,1-4H3,(H,15,16). The number of hydrogen-bond acceptors (Lipinski definition) is 3. The molecule has 0 bridgehead atoms. The summed E-state index contributed by atoms with van der Waals surface area (Å²) in [4.78, 5) is 18.3. The van der Waals surface area contributed by atoms with Crippen LogP contribution in [0.15, 0.2) is 16.7 Å². The fourth-order valence-electron chi connectivity index (χ4n) is 1.69. The van der Waals surface area contributed by atoms with Gasteiger partial charge in [0.2, 0.25) is 0 Å². The normalized spacial score (nSPS) is 12.1. The first kappa shape index (κ1) is 15.0. The van der Waals surface area contributed by atoms with Crippen LogP contribution < -0.4 is 5.32 Å². The zero-order valence-electron chi connectivity index (χ0n) is 11.3. The van der Waals surface area contributed by atoms with Crippen molar-refractivity contribution in [3.63, 3.8) is 0 Å². The minimum Gasteiger partial charge on any atom is -0.372 e. The molecule has 4 nitrogen and oxygen atoms in total. The van der Waals surface area contributed by atoms with E-state index in [-0.39, 0.29) is 5.91 Å². The lowest BCUT2D eigenvalue weighted by Crippen LogP contribution is -2.31. The Labute approximate surface area is 117 Å². The molecule has 0 aliphatic carbocycles. The number of nitrogens with one attached hydrogen (secondary N) is 1. The molecule has 0 aliphatic heterocycles. The van der Waals surface area contributed by atoms with E-state index in [2.05, 4.69) is 40.1 Å². The van der Waals surface area contributed by atoms with Crippen LogP contribution in [0.1, 0.15) is 30.6 Å². The maximum Gasteiger partial charge on any atom is 0.257 e. The van der Waals surface area contributed by atoms with Gasteiger partial charge in [-0.25, -0.2) is 4.98 Å². The lowest BCUT2D eigenvalue weighted by Gasteiger charge is -2.21. The minimum absolute atomic E-state index is 0.00606. The summed E-state index contributed by atoms with van der Waals surface area (Å²) in [6, 6.07) is 1.80. The van der Waals surface area contributed by atoms with Crippen LogP contribution >= 0.6 is 15.9 Å². The summed E-state index contributed by atoms with van der Waals surface area (Å²) in [6.07, 6.45) is 2.74. The van der Waals surface area contributed by atoms with Crippen LogP contribution in [0.5, 0.6) is 0 Å². The van der Waals surface area contributed by atoms with Crippen molar-refractivity contribution in [3.05, 3.63) is 22.3 Å². The van der Waals surface area contributed by atoms with Gasteiger partial charge < -0.3 is 10.2 Å². The van der Waals surface area contributed by atoms with Gasteiger partial charge in [-0.1, -0.05) is 20.3 Å². The molecule has 1 aromatic rings. The van der Waals surface area contributed by atoms with Crippen LogP contribution in [0.25, 0.3) is 0 Å². The summed E-state index contributed by atoms with van der Waals surface area (Å²) in [5.74, 6) is 1.10. The van der Waals surface area contributed by atoms with Crippen molar-refractivity contribution < 1.29 is 4.79 Å². The third-order valence-electron chi connectivity index (χ3n) is 2.95. The van der Waals surface area contributed by atoms with E-state index >= 15 is 0 Å². The highest BCUT2D eigenvalue weighted by Gasteiger charge is 2.18. The molecule has 0 saturated heterocycles. The molecule has 1 atom stereocenters. The van der Waals surface area contributed by atoms with E-state index in [0.717, 1.165) is 17.4 Å². The second-order valence-electron chi connectivity index (χ2n) is 4.50. The van der Waals surface area contributed by atoms with Crippen LogP contribution in [0.3, 0.4) is 0 Å². The Balaban J connectivity index is 2.92. The third kappa shape index (κ3) is 3.70. The number of nitrogens with zero attached hydrogens (tertiary/aromatic N) is 2. The summed E-state index contributed by atoms with van der Waals surface area (Å²) in [5.41, 5.74) is 0.595. The first-order valence-electron chi connectivity index (χ1n) is 6.08. The summed E-state index contributed by atoms with van der Waals surface area (Å²) in [5, 5.41) is 2.95. The van der Waals surface area contributed by atoms with E-state index in [4.69, 9.17) is 0 Å². The zero-order valence-corrected chi connectivity index (χ0v) is 12.9. The first-order valence-corrected chi connectivity index (χ1v) is 6.87. The number of hydrogen-bond donors (Lipinski definition) is 1. The monoisotopic (exact) mass is 313 g/mol. The van der Waals surface area contributed by atoms with Gasteiger partial charge in [-0.05, 0) is 27.9 Å². The predicted octanol–water partition coefficient (Wildman–Crippen LogP) is 3.00. The number of halogens is 1. The van der Waals surface area contributed by atoms with E-state index in [0.29, 0.717) is 17.3 Å². The Morgan fingerprint density at radius 1 is 1.61 bits per heavy atom. The highest BCUT2D eigenvalue weighted by Crippen LogP contribution is 2.19. The topological polar surface area (TPSA) is 45.2 Å². The number of carbonyl (C=O) groups excluding carboxylic acids is 1. The third-order valence-corrected chi connectivity index (χ3v) is 3.38. The van der Waals surface area contributed by atoms with E-state index in [1.165, 1.54) is 0 Å². The molecule has 100 valence electrons. The van der Waals surface area contributed by atoms with Gasteiger partial charge in [0.15, 0.2) is 0 Å². The van der Waals surface area contributed by atoms with Crippen molar-refractivity contribution in [1.29, 1.82) is 0 Å². The number of rotatable bonds is 5. The molecule has 1 rings (SSSR count). The van der Waals surface area contributed by atoms with Gasteiger partial charge in [0, 0.05) is 31.3 Å². The average molecular weight is 314 g/mol. The molecule has 0 aromatic carbocycles. The summed E-state index contributed by atoms with van der Waals surface area (Å²) >= 11 is 3.35. The van der Waals surface area contributed by atoms with E-state index in [9.17, 15) is 4.79 Å². The molecular weight excluding hydrogens is 294 g/mol. The van der Waals surface area contributed by atoms with E-state index < -0.39 is 0 Å². The number of amides is 1. The molecule has 0 saturated carbocycles. The van der Waals surface area contributed by atoms with Crippen LogP contribution in [-0.4, -0.2) is 36.4 Å². The Bertz CT molecular complexity index is 423. The van der Waals surface area contributed by atoms with Crippen molar-refractivity contribution in [2.45, 2.75) is 20.3 Å². The van der Waals surface area contributed by atoms with Gasteiger partial charge in [0.1, 0.15) is 5.82 Å². The highest BCUT2D eigenvalue weighted by molar-refractivity contribution is 9.10. The first-order chi connectivity index (χ1) is 8.49. The summed E-state index contributed by atoms with van der Waals surface area (Å²) in [6.45, 7) is 5.02. The smallest absolute Gasteiger partial charge is 0.257 e. The average Bonchev–Trinajstić information content (AvgIpc) is 2.37. The SMILES string of the molecule is CCC(C)CN(C)C(=O)c1cc(Br)cnc1NC. The fraction of sp³-hybridized carbons (Fsp3) is 0.538. The molecule has 0 fully saturated rings. The molecule has 5 heteroatoms. The second-order valence-corrected chi connectivity index (χ2v) is 5.41. The number of pyridine rings is 1. The van der Waals surface area contributed by atoms with Crippen molar-refractivity contribution in [1.82, 2.24) is 9.88 Å². The quantitative estimate of drug-likeness (QED) is 0.909. The summed E-state index contributed by atoms with van der Waals surface area (Å²) in [7, 11) is 3.59. The van der Waals surface area contributed by atoms with Crippen molar-refractivity contribution in [3.8, 4) is 0 Å². The van der Waals surface area contributed by atoms with Gasteiger partial charge >= 0.3 is 0 Å². The molecule has 0 aliphatic rings. The molecule has 1 heterocycles. The van der Waals surface area contributed by atoms with Crippen LogP contribution in [0, 0.1) is 5.92 Å². The minimum atomic E-state index is -0.00606. The Hall–Kier alpha value is -1.10. The molecule has 0 spiro atoms. The van der Waals surface area contributed by atoms with Gasteiger partial charge in [-0.3, -0.25) is 4.79 Å². The van der Waals surface area contributed by atoms with Crippen molar-refractivity contribution in [2.24, 2.45) is 5.92 Å². The largest absolute Gasteiger partial charge is 0.372 e. The van der Waals surface area contributed by atoms with Gasteiger partial charge in [-0.15, -0.1) is 0 Å². The van der Waals surface area contributed by atoms with Crippen LogP contribution in [0.4, 0.5) is 5.82 Å². The molecule has 1 N–H and O–H groups in total. The Morgan fingerprint density at radius 3 is 2.83 bits per heavy atom. The number of aromatic nitrogens is 1. The maximum atomic E-state index is 12.4. The number of anilines is 1. The molecule has 18 heavy (non-hydrogen) atoms. The van der Waals surface area contributed by atoms with Crippen LogP contribution in [-0.2, 0) is 0 Å². The molecule has 1 unspecified atom stereocenters. The van der Waals surface area contributed by atoms with Crippen molar-refractivity contribution >= 4 is 27.7 Å². The van der Waals surface area contributed by atoms with Gasteiger partial charge in [0.05, 0.1) is 5.56 Å².